The van der Waals surface area contributed by atoms with E-state index in [9.17, 15) is 0 Å². The third-order valence-corrected chi connectivity index (χ3v) is 3.97. The molecule has 3 aromatic rings. The number of rotatable bonds is 8. The highest BCUT2D eigenvalue weighted by atomic mass is 16.5. The van der Waals surface area contributed by atoms with Gasteiger partial charge in [-0.15, -0.1) is 0 Å². The first-order valence-electron chi connectivity index (χ1n) is 8.28. The lowest BCUT2D eigenvalue weighted by Gasteiger charge is -2.08. The molecule has 3 rings (SSSR count). The third-order valence-electron chi connectivity index (χ3n) is 3.97. The third kappa shape index (κ3) is 4.59. The number of nitrogens with one attached hydrogen (secondary N) is 1. The van der Waals surface area contributed by atoms with E-state index in [-0.39, 0.29) is 0 Å². The maximum atomic E-state index is 5.34. The molecule has 0 aliphatic carbocycles. The minimum Gasteiger partial charge on any atom is -0.493 e. The minimum atomic E-state index is 0.642. The Morgan fingerprint density at radius 1 is 0.960 bits per heavy atom. The molecule has 0 amide bonds. The maximum absolute atomic E-state index is 5.34. The smallest absolute Gasteiger partial charge is 0.161 e. The second-order valence-corrected chi connectivity index (χ2v) is 5.73. The molecule has 5 nitrogen and oxygen atoms in total. The Kier molecular flexibility index (Phi) is 5.67. The fourth-order valence-corrected chi connectivity index (χ4v) is 2.67. The molecule has 0 bridgehead atoms. The molecular weight excluding hydrogens is 314 g/mol. The number of aromatic amines is 1. The molecule has 0 unspecified atom stereocenters. The fraction of sp³-hybridized carbons (Fsp3) is 0.250. The molecule has 2 aromatic carbocycles. The Labute approximate surface area is 148 Å². The molecule has 0 atom stereocenters. The van der Waals surface area contributed by atoms with Gasteiger partial charge in [0, 0.05) is 12.8 Å². The van der Waals surface area contributed by atoms with E-state index >= 15 is 0 Å². The zero-order valence-electron chi connectivity index (χ0n) is 14.5. The fourth-order valence-electron chi connectivity index (χ4n) is 2.67. The van der Waals surface area contributed by atoms with Crippen LogP contribution in [0.4, 0.5) is 0 Å². The van der Waals surface area contributed by atoms with Crippen LogP contribution < -0.4 is 9.47 Å². The molecule has 1 aromatic heterocycles. The number of ether oxygens (including phenoxy) is 2. The van der Waals surface area contributed by atoms with E-state index in [4.69, 9.17) is 9.47 Å². The van der Waals surface area contributed by atoms with E-state index in [1.54, 1.807) is 14.2 Å². The van der Waals surface area contributed by atoms with Gasteiger partial charge in [0.2, 0.25) is 0 Å². The Bertz CT molecular complexity index is 800. The predicted molar refractivity (Wildman–Crippen MR) is 96.9 cm³/mol. The number of hydrogen-bond acceptors (Lipinski definition) is 4. The molecule has 1 N–H and O–H groups in total. The highest BCUT2D eigenvalue weighted by Crippen LogP contribution is 2.28. The van der Waals surface area contributed by atoms with Crippen molar-refractivity contribution in [3.63, 3.8) is 0 Å². The molecule has 0 aliphatic rings. The molecule has 0 aliphatic heterocycles. The van der Waals surface area contributed by atoms with E-state index in [1.165, 1.54) is 5.56 Å². The van der Waals surface area contributed by atoms with Crippen LogP contribution in [0, 0.1) is 6.42 Å². The Balaban J connectivity index is 1.56. The largest absolute Gasteiger partial charge is 0.493 e. The van der Waals surface area contributed by atoms with Gasteiger partial charge in [-0.05, 0) is 36.1 Å². The van der Waals surface area contributed by atoms with Crippen LogP contribution in [0.3, 0.4) is 0 Å². The summed E-state index contributed by atoms with van der Waals surface area (Å²) < 4.78 is 10.6. The average Bonchev–Trinajstić information content (AvgIpc) is 3.09. The van der Waals surface area contributed by atoms with Gasteiger partial charge in [0.25, 0.3) is 0 Å². The lowest BCUT2D eigenvalue weighted by atomic mass is 10.1. The van der Waals surface area contributed by atoms with Crippen molar-refractivity contribution in [2.24, 2.45) is 0 Å². The molecule has 1 heterocycles. The summed E-state index contributed by atoms with van der Waals surface area (Å²) in [5.74, 6) is 3.01. The Hall–Kier alpha value is -2.82. The molecule has 0 saturated carbocycles. The van der Waals surface area contributed by atoms with E-state index in [0.717, 1.165) is 35.8 Å². The molecule has 129 valence electrons. The number of methoxy groups -OCH3 is 2. The van der Waals surface area contributed by atoms with E-state index in [0.29, 0.717) is 12.2 Å². The number of aromatic nitrogens is 3. The first kappa shape index (κ1) is 17.0. The number of nitrogens with zero attached hydrogens (tertiary/aromatic N) is 2. The van der Waals surface area contributed by atoms with Gasteiger partial charge in [-0.2, -0.15) is 5.10 Å². The average molecular weight is 336 g/mol. The van der Waals surface area contributed by atoms with Crippen molar-refractivity contribution in [1.82, 2.24) is 15.2 Å². The number of aryl methyl sites for hydroxylation is 1. The van der Waals surface area contributed by atoms with Gasteiger partial charge in [0.15, 0.2) is 17.3 Å². The standard InChI is InChI=1S/C20H22N3O2/c1-24-17-12-11-16(13-18(17)25-2)14-20-21-19(22-23-20)10-6-9-15-7-4-3-5-8-15/h3-5,7-8,10-13H,6,9,14H2,1-2H3,(H,21,22,23). The molecular formula is C20H22N3O2. The summed E-state index contributed by atoms with van der Waals surface area (Å²) in [6.07, 6.45) is 4.64. The second-order valence-electron chi connectivity index (χ2n) is 5.73. The van der Waals surface area contributed by atoms with E-state index < -0.39 is 0 Å². The molecule has 0 saturated heterocycles. The van der Waals surface area contributed by atoms with Crippen LogP contribution in [0.5, 0.6) is 11.5 Å². The molecule has 0 fully saturated rings. The molecule has 5 heteroatoms. The highest BCUT2D eigenvalue weighted by molar-refractivity contribution is 5.43. The first-order chi connectivity index (χ1) is 12.3. The summed E-state index contributed by atoms with van der Waals surface area (Å²) in [7, 11) is 3.26. The van der Waals surface area contributed by atoms with Gasteiger partial charge in [-0.25, -0.2) is 4.98 Å². The van der Waals surface area contributed by atoms with Crippen molar-refractivity contribution < 1.29 is 9.47 Å². The predicted octanol–water partition coefficient (Wildman–Crippen LogP) is 3.60. The zero-order chi connectivity index (χ0) is 17.5. The summed E-state index contributed by atoms with van der Waals surface area (Å²) >= 11 is 0. The van der Waals surface area contributed by atoms with Crippen LogP contribution in [0.25, 0.3) is 0 Å². The van der Waals surface area contributed by atoms with Crippen molar-refractivity contribution in [2.75, 3.05) is 14.2 Å². The van der Waals surface area contributed by atoms with Crippen LogP contribution in [0.1, 0.15) is 29.2 Å². The van der Waals surface area contributed by atoms with Crippen molar-refractivity contribution in [3.8, 4) is 11.5 Å². The summed E-state index contributed by atoms with van der Waals surface area (Å²) in [5, 5.41) is 7.29. The van der Waals surface area contributed by atoms with Crippen LogP contribution in [-0.2, 0) is 12.8 Å². The van der Waals surface area contributed by atoms with Gasteiger partial charge < -0.3 is 9.47 Å². The lowest BCUT2D eigenvalue weighted by Crippen LogP contribution is -1.95. The Morgan fingerprint density at radius 2 is 1.76 bits per heavy atom. The monoisotopic (exact) mass is 336 g/mol. The van der Waals surface area contributed by atoms with Gasteiger partial charge in [-0.3, -0.25) is 5.10 Å². The van der Waals surface area contributed by atoms with Crippen molar-refractivity contribution >= 4 is 0 Å². The minimum absolute atomic E-state index is 0.642. The van der Waals surface area contributed by atoms with Gasteiger partial charge in [0.05, 0.1) is 14.2 Å². The van der Waals surface area contributed by atoms with Crippen LogP contribution in [0.15, 0.2) is 48.5 Å². The van der Waals surface area contributed by atoms with Gasteiger partial charge in [0.1, 0.15) is 5.82 Å². The zero-order valence-corrected chi connectivity index (χ0v) is 14.5. The second kappa shape index (κ2) is 8.33. The maximum Gasteiger partial charge on any atom is 0.161 e. The molecule has 1 radical (unpaired) electrons. The topological polar surface area (TPSA) is 60.0 Å². The van der Waals surface area contributed by atoms with Gasteiger partial charge >= 0.3 is 0 Å². The normalized spacial score (nSPS) is 10.6. The number of H-pyrrole nitrogens is 1. The summed E-state index contributed by atoms with van der Waals surface area (Å²) in [4.78, 5) is 4.54. The summed E-state index contributed by atoms with van der Waals surface area (Å²) in [6, 6.07) is 16.3. The van der Waals surface area contributed by atoms with E-state index in [2.05, 4.69) is 45.9 Å². The van der Waals surface area contributed by atoms with Crippen LogP contribution in [0.2, 0.25) is 0 Å². The summed E-state index contributed by atoms with van der Waals surface area (Å²) in [5.41, 5.74) is 2.40. The van der Waals surface area contributed by atoms with Gasteiger partial charge in [-0.1, -0.05) is 36.4 Å². The Morgan fingerprint density at radius 3 is 2.52 bits per heavy atom. The van der Waals surface area contributed by atoms with Crippen molar-refractivity contribution in [1.29, 1.82) is 0 Å². The van der Waals surface area contributed by atoms with Crippen molar-refractivity contribution in [2.45, 2.75) is 19.3 Å². The molecule has 25 heavy (non-hydrogen) atoms. The molecule has 0 spiro atoms. The highest BCUT2D eigenvalue weighted by Gasteiger charge is 2.08. The quantitative estimate of drug-likeness (QED) is 0.683. The first-order valence-corrected chi connectivity index (χ1v) is 8.28. The number of hydrogen-bond donors (Lipinski definition) is 1. The van der Waals surface area contributed by atoms with Crippen LogP contribution >= 0.6 is 0 Å². The van der Waals surface area contributed by atoms with Crippen LogP contribution in [-0.4, -0.2) is 29.4 Å². The SMILES string of the molecule is COc1ccc(Cc2n[nH]c([CH]CCc3ccccc3)n2)cc1OC. The number of benzene rings is 2. The summed E-state index contributed by atoms with van der Waals surface area (Å²) in [6.45, 7) is 0. The van der Waals surface area contributed by atoms with Crippen molar-refractivity contribution in [3.05, 3.63) is 77.7 Å². The van der Waals surface area contributed by atoms with E-state index in [1.807, 2.05) is 24.3 Å². The lowest BCUT2D eigenvalue weighted by molar-refractivity contribution is 0.354.